The van der Waals surface area contributed by atoms with E-state index in [1.807, 2.05) is 19.1 Å². The lowest BCUT2D eigenvalue weighted by Gasteiger charge is -2.03. The summed E-state index contributed by atoms with van der Waals surface area (Å²) < 4.78 is 0. The van der Waals surface area contributed by atoms with Crippen LogP contribution in [0.2, 0.25) is 0 Å². The van der Waals surface area contributed by atoms with E-state index >= 15 is 0 Å². The number of rotatable bonds is 5. The van der Waals surface area contributed by atoms with E-state index in [9.17, 15) is 9.59 Å². The van der Waals surface area contributed by atoms with Gasteiger partial charge >= 0.3 is 0 Å². The Hall–Kier alpha value is -2.75. The van der Waals surface area contributed by atoms with Crippen LogP contribution in [0.4, 0.5) is 0 Å². The third kappa shape index (κ3) is 2.96. The van der Waals surface area contributed by atoms with Crippen molar-refractivity contribution in [2.24, 2.45) is 0 Å². The number of Topliss-reactive ketones (excluding diaryl/α,β-unsaturated/α-hetero) is 2. The number of fused-ring (bicyclic) bond motifs is 1. The molecule has 4 heteroatoms. The Morgan fingerprint density at radius 1 is 0.955 bits per heavy atom. The van der Waals surface area contributed by atoms with Crippen LogP contribution in [0, 0.1) is 6.92 Å². The van der Waals surface area contributed by atoms with Gasteiger partial charge in [-0.3, -0.25) is 9.59 Å². The van der Waals surface area contributed by atoms with E-state index in [1.54, 1.807) is 36.7 Å². The zero-order valence-corrected chi connectivity index (χ0v) is 12.3. The number of hydrogen-bond donors (Lipinski definition) is 1. The highest BCUT2D eigenvalue weighted by atomic mass is 16.1. The smallest absolute Gasteiger partial charge is 0.163 e. The van der Waals surface area contributed by atoms with Gasteiger partial charge in [0.25, 0.3) is 0 Å². The fraction of sp³-hybridized carbons (Fsp3) is 0.167. The fourth-order valence-corrected chi connectivity index (χ4v) is 2.36. The molecule has 0 fully saturated rings. The molecule has 1 N–H and O–H groups in total. The number of benzene rings is 2. The van der Waals surface area contributed by atoms with Gasteiger partial charge in [0.2, 0.25) is 0 Å². The number of carbonyl (C=O) groups is 2. The van der Waals surface area contributed by atoms with Crippen LogP contribution in [0.25, 0.3) is 11.0 Å². The van der Waals surface area contributed by atoms with Gasteiger partial charge in [0.1, 0.15) is 0 Å². The standard InChI is InChI=1S/C18H16N2O2/c1-12-2-4-13(5-3-12)17(21)8-9-18(22)14-6-7-15-16(10-14)20-11-19-15/h2-7,10-11H,8-9H2,1H3,(H,19,20). The van der Waals surface area contributed by atoms with Gasteiger partial charge < -0.3 is 4.98 Å². The van der Waals surface area contributed by atoms with Gasteiger partial charge in [0, 0.05) is 24.0 Å². The summed E-state index contributed by atoms with van der Waals surface area (Å²) in [5, 5.41) is 0. The number of hydrogen-bond acceptors (Lipinski definition) is 3. The fourth-order valence-electron chi connectivity index (χ4n) is 2.36. The second kappa shape index (κ2) is 5.93. The van der Waals surface area contributed by atoms with Crippen LogP contribution in [0.3, 0.4) is 0 Å². The molecule has 0 bridgehead atoms. The maximum Gasteiger partial charge on any atom is 0.163 e. The van der Waals surface area contributed by atoms with Crippen molar-refractivity contribution >= 4 is 22.6 Å². The molecule has 1 aromatic heterocycles. The van der Waals surface area contributed by atoms with Crippen LogP contribution in [-0.4, -0.2) is 21.5 Å². The summed E-state index contributed by atoms with van der Waals surface area (Å²) in [6.07, 6.45) is 2.04. The third-order valence-corrected chi connectivity index (χ3v) is 3.69. The first-order valence-corrected chi connectivity index (χ1v) is 7.20. The summed E-state index contributed by atoms with van der Waals surface area (Å²) in [6.45, 7) is 1.98. The molecule has 0 atom stereocenters. The van der Waals surface area contributed by atoms with Crippen LogP contribution in [-0.2, 0) is 0 Å². The molecule has 0 saturated heterocycles. The molecule has 0 amide bonds. The molecule has 0 aliphatic carbocycles. The van der Waals surface area contributed by atoms with Crippen LogP contribution in [0.15, 0.2) is 48.8 Å². The average molecular weight is 292 g/mol. The maximum atomic E-state index is 12.2. The Balaban J connectivity index is 1.66. The molecule has 4 nitrogen and oxygen atoms in total. The highest BCUT2D eigenvalue weighted by molar-refractivity contribution is 6.03. The highest BCUT2D eigenvalue weighted by Gasteiger charge is 2.12. The molecule has 110 valence electrons. The number of H-pyrrole nitrogens is 1. The molecular formula is C18H16N2O2. The number of aryl methyl sites for hydroxylation is 1. The van der Waals surface area contributed by atoms with Gasteiger partial charge in [0.05, 0.1) is 17.4 Å². The predicted octanol–water partition coefficient (Wildman–Crippen LogP) is 3.72. The normalized spacial score (nSPS) is 10.8. The quantitative estimate of drug-likeness (QED) is 0.729. The average Bonchev–Trinajstić information content (AvgIpc) is 3.00. The molecule has 3 rings (SSSR count). The zero-order chi connectivity index (χ0) is 15.5. The van der Waals surface area contributed by atoms with Crippen molar-refractivity contribution in [3.8, 4) is 0 Å². The lowest BCUT2D eigenvalue weighted by molar-refractivity contribution is 0.0917. The molecule has 1 heterocycles. The van der Waals surface area contributed by atoms with E-state index in [-0.39, 0.29) is 24.4 Å². The van der Waals surface area contributed by atoms with Crippen LogP contribution >= 0.6 is 0 Å². The first kappa shape index (κ1) is 14.2. The van der Waals surface area contributed by atoms with Crippen molar-refractivity contribution in [2.75, 3.05) is 0 Å². The van der Waals surface area contributed by atoms with E-state index < -0.39 is 0 Å². The summed E-state index contributed by atoms with van der Waals surface area (Å²) in [5.74, 6) is -0.0343. The van der Waals surface area contributed by atoms with Crippen molar-refractivity contribution in [3.05, 3.63) is 65.5 Å². The molecule has 0 aliphatic heterocycles. The minimum Gasteiger partial charge on any atom is -0.345 e. The van der Waals surface area contributed by atoms with Gasteiger partial charge in [-0.15, -0.1) is 0 Å². The van der Waals surface area contributed by atoms with Crippen molar-refractivity contribution in [1.29, 1.82) is 0 Å². The Morgan fingerprint density at radius 3 is 2.32 bits per heavy atom. The molecule has 0 spiro atoms. The minimum atomic E-state index is -0.0306. The second-order valence-corrected chi connectivity index (χ2v) is 5.35. The molecule has 0 unspecified atom stereocenters. The minimum absolute atomic E-state index is 0.00373. The number of imidazole rings is 1. The SMILES string of the molecule is Cc1ccc(C(=O)CCC(=O)c2ccc3nc[nH]c3c2)cc1. The second-order valence-electron chi connectivity index (χ2n) is 5.35. The van der Waals surface area contributed by atoms with E-state index in [0.717, 1.165) is 16.6 Å². The maximum absolute atomic E-state index is 12.2. The lowest BCUT2D eigenvalue weighted by Crippen LogP contribution is -2.05. The lowest BCUT2D eigenvalue weighted by atomic mass is 10.0. The summed E-state index contributed by atoms with van der Waals surface area (Å²) >= 11 is 0. The Labute approximate surface area is 128 Å². The van der Waals surface area contributed by atoms with E-state index in [2.05, 4.69) is 9.97 Å². The number of aromatic amines is 1. The van der Waals surface area contributed by atoms with Gasteiger partial charge in [0.15, 0.2) is 11.6 Å². The highest BCUT2D eigenvalue weighted by Crippen LogP contribution is 2.15. The molecule has 2 aromatic carbocycles. The number of nitrogens with one attached hydrogen (secondary N) is 1. The van der Waals surface area contributed by atoms with E-state index in [4.69, 9.17) is 0 Å². The van der Waals surface area contributed by atoms with Gasteiger partial charge in [-0.05, 0) is 25.1 Å². The molecule has 0 radical (unpaired) electrons. The largest absolute Gasteiger partial charge is 0.345 e. The number of carbonyl (C=O) groups excluding carboxylic acids is 2. The zero-order valence-electron chi connectivity index (χ0n) is 12.3. The van der Waals surface area contributed by atoms with Gasteiger partial charge in [-0.1, -0.05) is 29.8 Å². The number of nitrogens with zero attached hydrogens (tertiary/aromatic N) is 1. The Kier molecular flexibility index (Phi) is 3.83. The summed E-state index contributed by atoms with van der Waals surface area (Å²) in [6, 6.07) is 12.8. The monoisotopic (exact) mass is 292 g/mol. The number of ketones is 2. The van der Waals surface area contributed by atoms with Gasteiger partial charge in [-0.2, -0.15) is 0 Å². The molecular weight excluding hydrogens is 276 g/mol. The molecule has 22 heavy (non-hydrogen) atoms. The third-order valence-electron chi connectivity index (χ3n) is 3.69. The van der Waals surface area contributed by atoms with Gasteiger partial charge in [-0.25, -0.2) is 4.98 Å². The molecule has 3 aromatic rings. The summed E-state index contributed by atoms with van der Waals surface area (Å²) in [7, 11) is 0. The van der Waals surface area contributed by atoms with Crippen molar-refractivity contribution in [2.45, 2.75) is 19.8 Å². The first-order chi connectivity index (χ1) is 10.6. The Bertz CT molecular complexity index is 832. The molecule has 0 saturated carbocycles. The van der Waals surface area contributed by atoms with Crippen LogP contribution in [0.5, 0.6) is 0 Å². The van der Waals surface area contributed by atoms with Crippen LogP contribution < -0.4 is 0 Å². The van der Waals surface area contributed by atoms with Crippen LogP contribution in [0.1, 0.15) is 39.1 Å². The van der Waals surface area contributed by atoms with Crippen molar-refractivity contribution in [1.82, 2.24) is 9.97 Å². The molecule has 0 aliphatic rings. The topological polar surface area (TPSA) is 62.8 Å². The predicted molar refractivity (Wildman–Crippen MR) is 85.2 cm³/mol. The van der Waals surface area contributed by atoms with E-state index in [1.165, 1.54) is 0 Å². The summed E-state index contributed by atoms with van der Waals surface area (Å²) in [4.78, 5) is 31.4. The Morgan fingerprint density at radius 2 is 1.59 bits per heavy atom. The number of aromatic nitrogens is 2. The summed E-state index contributed by atoms with van der Waals surface area (Å²) in [5.41, 5.74) is 4.03. The van der Waals surface area contributed by atoms with E-state index in [0.29, 0.717) is 11.1 Å². The first-order valence-electron chi connectivity index (χ1n) is 7.20. The van der Waals surface area contributed by atoms with Crippen molar-refractivity contribution < 1.29 is 9.59 Å². The van der Waals surface area contributed by atoms with Crippen molar-refractivity contribution in [3.63, 3.8) is 0 Å².